The average molecular weight is 401 g/mol. The van der Waals surface area contributed by atoms with Crippen LogP contribution in [-0.2, 0) is 4.79 Å². The summed E-state index contributed by atoms with van der Waals surface area (Å²) >= 11 is 6.51. The molecule has 4 aromatic rings. The molecule has 0 unspecified atom stereocenters. The van der Waals surface area contributed by atoms with E-state index >= 15 is 4.39 Å². The van der Waals surface area contributed by atoms with E-state index in [2.05, 4.69) is 20.6 Å². The summed E-state index contributed by atoms with van der Waals surface area (Å²) in [7, 11) is 0. The molecule has 0 saturated carbocycles. The molecule has 0 aliphatic heterocycles. The van der Waals surface area contributed by atoms with Gasteiger partial charge in [0.05, 0.1) is 22.3 Å². The second-order valence-electron chi connectivity index (χ2n) is 6.26. The van der Waals surface area contributed by atoms with Crippen molar-refractivity contribution in [2.24, 2.45) is 0 Å². The molecule has 4 rings (SSSR count). The fourth-order valence-electron chi connectivity index (χ4n) is 3.50. The van der Waals surface area contributed by atoms with Crippen molar-refractivity contribution < 1.29 is 9.18 Å². The van der Waals surface area contributed by atoms with Crippen LogP contribution in [0.15, 0.2) is 30.6 Å². The van der Waals surface area contributed by atoms with Crippen LogP contribution in [-0.4, -0.2) is 39.3 Å². The van der Waals surface area contributed by atoms with Crippen LogP contribution in [0.4, 0.5) is 15.9 Å². The van der Waals surface area contributed by atoms with Crippen molar-refractivity contribution in [1.29, 1.82) is 0 Å². The van der Waals surface area contributed by atoms with Gasteiger partial charge in [-0.25, -0.2) is 8.91 Å². The van der Waals surface area contributed by atoms with Gasteiger partial charge in [0.25, 0.3) is 0 Å². The molecule has 0 bridgehead atoms. The molecule has 3 aromatic heterocycles. The first-order chi connectivity index (χ1) is 13.6. The number of H-pyrrole nitrogens is 1. The molecule has 1 aromatic carbocycles. The highest BCUT2D eigenvalue weighted by Crippen LogP contribution is 2.42. The van der Waals surface area contributed by atoms with E-state index in [-0.39, 0.29) is 5.02 Å². The summed E-state index contributed by atoms with van der Waals surface area (Å²) in [5.41, 5.74) is 3.06. The number of nitrogens with one attached hydrogen (secondary N) is 2. The zero-order chi connectivity index (χ0) is 19.8. The maximum atomic E-state index is 15.3. The Morgan fingerprint density at radius 1 is 1.36 bits per heavy atom. The maximum Gasteiger partial charge on any atom is 0.212 e. The molecule has 0 atom stereocenters. The Bertz CT molecular complexity index is 1180. The lowest BCUT2D eigenvalue weighted by Gasteiger charge is -2.24. The quantitative estimate of drug-likeness (QED) is 0.478. The second-order valence-corrected chi connectivity index (χ2v) is 6.64. The number of benzene rings is 1. The lowest BCUT2D eigenvalue weighted by Crippen LogP contribution is -2.23. The molecule has 0 radical (unpaired) electrons. The van der Waals surface area contributed by atoms with Gasteiger partial charge in [0.15, 0.2) is 11.6 Å². The Balaban J connectivity index is 1.95. The summed E-state index contributed by atoms with van der Waals surface area (Å²) in [5, 5.41) is 14.6. The lowest BCUT2D eigenvalue weighted by molar-refractivity contribution is -0.105. The molecule has 28 heavy (non-hydrogen) atoms. The average Bonchev–Trinajstić information content (AvgIpc) is 3.32. The summed E-state index contributed by atoms with van der Waals surface area (Å²) < 4.78 is 16.9. The molecule has 2 N–H and O–H groups in total. The minimum atomic E-state index is -0.478. The number of amides is 1. The first kappa shape index (κ1) is 18.2. The van der Waals surface area contributed by atoms with Gasteiger partial charge in [0, 0.05) is 36.3 Å². The number of rotatable bonds is 6. The Labute approximate surface area is 165 Å². The Morgan fingerprint density at radius 2 is 2.14 bits per heavy atom. The number of aromatic amines is 1. The van der Waals surface area contributed by atoms with Gasteiger partial charge in [0.1, 0.15) is 5.69 Å². The Kier molecular flexibility index (Phi) is 4.64. The summed E-state index contributed by atoms with van der Waals surface area (Å²) in [4.78, 5) is 12.5. The fraction of sp³-hybridized carbons (Fsp3) is 0.211. The molecule has 7 nitrogen and oxygen atoms in total. The smallest absolute Gasteiger partial charge is 0.212 e. The van der Waals surface area contributed by atoms with Gasteiger partial charge in [-0.1, -0.05) is 11.6 Å². The third-order valence-corrected chi connectivity index (χ3v) is 5.16. The van der Waals surface area contributed by atoms with Gasteiger partial charge in [-0.05, 0) is 31.5 Å². The second kappa shape index (κ2) is 7.12. The Morgan fingerprint density at radius 3 is 2.86 bits per heavy atom. The van der Waals surface area contributed by atoms with E-state index < -0.39 is 5.82 Å². The van der Waals surface area contributed by atoms with E-state index in [0.717, 1.165) is 16.5 Å². The van der Waals surface area contributed by atoms with Crippen LogP contribution in [0.5, 0.6) is 0 Å². The molecule has 0 saturated heterocycles. The van der Waals surface area contributed by atoms with Crippen LogP contribution in [0.2, 0.25) is 5.02 Å². The van der Waals surface area contributed by atoms with E-state index in [1.165, 1.54) is 0 Å². The predicted molar refractivity (Wildman–Crippen MR) is 108 cm³/mol. The lowest BCUT2D eigenvalue weighted by atomic mass is 10.0. The van der Waals surface area contributed by atoms with Crippen molar-refractivity contribution in [2.75, 3.05) is 23.3 Å². The minimum Gasteiger partial charge on any atom is -0.368 e. The first-order valence-corrected chi connectivity index (χ1v) is 9.25. The molecular weight excluding hydrogens is 383 g/mol. The molecule has 0 aliphatic rings. The van der Waals surface area contributed by atoms with Crippen molar-refractivity contribution in [3.63, 3.8) is 0 Å². The standard InChI is InChI=1S/C19H18ClFN6O/c1-3-26(4-2)19-17(21)16(20)15(13-9-23-24-18(13)19)11-5-6-27-12(7-11)8-14(25-27)22-10-28/h5-10H,3-4H2,1-2H3,(H,23,24)(H,22,25,28). The number of carbonyl (C=O) groups excluding carboxylic acids is 1. The molecule has 0 spiro atoms. The predicted octanol–water partition coefficient (Wildman–Crippen LogP) is 4.08. The van der Waals surface area contributed by atoms with Gasteiger partial charge in [0.2, 0.25) is 6.41 Å². The van der Waals surface area contributed by atoms with Crippen molar-refractivity contribution in [3.8, 4) is 11.1 Å². The van der Waals surface area contributed by atoms with Crippen molar-refractivity contribution >= 4 is 45.9 Å². The normalized spacial score (nSPS) is 11.3. The van der Waals surface area contributed by atoms with Gasteiger partial charge in [-0.15, -0.1) is 0 Å². The van der Waals surface area contributed by atoms with Crippen molar-refractivity contribution in [2.45, 2.75) is 13.8 Å². The van der Waals surface area contributed by atoms with Crippen LogP contribution in [0.25, 0.3) is 27.5 Å². The number of aromatic nitrogens is 4. The van der Waals surface area contributed by atoms with E-state index in [1.807, 2.05) is 24.8 Å². The number of carbonyl (C=O) groups is 1. The van der Waals surface area contributed by atoms with Gasteiger partial charge >= 0.3 is 0 Å². The maximum absolute atomic E-state index is 15.3. The summed E-state index contributed by atoms with van der Waals surface area (Å²) in [6.45, 7) is 5.22. The molecule has 9 heteroatoms. The highest BCUT2D eigenvalue weighted by Gasteiger charge is 2.24. The molecule has 1 amide bonds. The summed E-state index contributed by atoms with van der Waals surface area (Å²) in [6.07, 6.45) is 3.96. The number of anilines is 2. The van der Waals surface area contributed by atoms with Gasteiger partial charge in [-0.2, -0.15) is 10.2 Å². The van der Waals surface area contributed by atoms with Crippen LogP contribution in [0.1, 0.15) is 13.8 Å². The van der Waals surface area contributed by atoms with Crippen molar-refractivity contribution in [3.05, 3.63) is 41.4 Å². The van der Waals surface area contributed by atoms with Gasteiger partial charge in [-0.3, -0.25) is 9.89 Å². The van der Waals surface area contributed by atoms with E-state index in [4.69, 9.17) is 11.6 Å². The monoisotopic (exact) mass is 400 g/mol. The van der Waals surface area contributed by atoms with Crippen LogP contribution in [0, 0.1) is 5.82 Å². The Hall–Kier alpha value is -3.13. The fourth-order valence-corrected chi connectivity index (χ4v) is 3.80. The number of hydrogen-bond donors (Lipinski definition) is 2. The molecule has 144 valence electrons. The van der Waals surface area contributed by atoms with Crippen LogP contribution < -0.4 is 10.2 Å². The third kappa shape index (κ3) is 2.77. The zero-order valence-electron chi connectivity index (χ0n) is 15.3. The highest BCUT2D eigenvalue weighted by molar-refractivity contribution is 6.36. The number of hydrogen-bond acceptors (Lipinski definition) is 4. The molecule has 0 fully saturated rings. The SMILES string of the molecule is CCN(CC)c1c(F)c(Cl)c(-c2ccn3nc(NC=O)cc3c2)c2cn[nH]c12. The number of halogens is 2. The summed E-state index contributed by atoms with van der Waals surface area (Å²) in [6, 6.07) is 5.36. The topological polar surface area (TPSA) is 78.3 Å². The third-order valence-electron chi connectivity index (χ3n) is 4.80. The van der Waals surface area contributed by atoms with E-state index in [0.29, 0.717) is 42.1 Å². The first-order valence-electron chi connectivity index (χ1n) is 8.88. The van der Waals surface area contributed by atoms with Crippen LogP contribution >= 0.6 is 11.6 Å². The molecule has 0 aliphatic carbocycles. The number of fused-ring (bicyclic) bond motifs is 2. The number of pyridine rings is 1. The highest BCUT2D eigenvalue weighted by atomic mass is 35.5. The number of nitrogens with zero attached hydrogens (tertiary/aromatic N) is 4. The van der Waals surface area contributed by atoms with E-state index in [9.17, 15) is 4.79 Å². The zero-order valence-corrected chi connectivity index (χ0v) is 16.1. The minimum absolute atomic E-state index is 0.0471. The van der Waals surface area contributed by atoms with Gasteiger partial charge < -0.3 is 10.2 Å². The van der Waals surface area contributed by atoms with Crippen molar-refractivity contribution in [1.82, 2.24) is 19.8 Å². The summed E-state index contributed by atoms with van der Waals surface area (Å²) in [5.74, 6) is -0.0522. The largest absolute Gasteiger partial charge is 0.368 e. The molecule has 3 heterocycles. The van der Waals surface area contributed by atoms with Crippen LogP contribution in [0.3, 0.4) is 0 Å². The van der Waals surface area contributed by atoms with E-state index in [1.54, 1.807) is 29.0 Å². The molecular formula is C19H18ClFN6O.